The summed E-state index contributed by atoms with van der Waals surface area (Å²) in [5, 5.41) is 0. The Morgan fingerprint density at radius 2 is 1.93 bits per heavy atom. The molecule has 0 bridgehead atoms. The van der Waals surface area contributed by atoms with Gasteiger partial charge in [0.2, 0.25) is 5.91 Å². The molecule has 0 unspecified atom stereocenters. The van der Waals surface area contributed by atoms with Crippen LogP contribution in [0, 0.1) is 5.41 Å². The number of ether oxygens (including phenoxy) is 1. The Morgan fingerprint density at radius 3 is 2.47 bits per heavy atom. The number of hydrogen-bond acceptors (Lipinski definition) is 3. The molecule has 2 rings (SSSR count). The SMILES string of the molecule is CN(C)CC(=O)N1CC2(CCOCC2)C1. The van der Waals surface area contributed by atoms with Crippen LogP contribution in [0.3, 0.4) is 0 Å². The average Bonchev–Trinajstić information content (AvgIpc) is 2.14. The van der Waals surface area contributed by atoms with Gasteiger partial charge in [0.15, 0.2) is 0 Å². The molecule has 2 aliphatic rings. The highest BCUT2D eigenvalue weighted by atomic mass is 16.5. The zero-order valence-electron chi connectivity index (χ0n) is 9.66. The monoisotopic (exact) mass is 212 g/mol. The molecule has 0 atom stereocenters. The van der Waals surface area contributed by atoms with Gasteiger partial charge in [0.25, 0.3) is 0 Å². The first-order valence-corrected chi connectivity index (χ1v) is 5.62. The standard InChI is InChI=1S/C11H20N2O2/c1-12(2)7-10(14)13-8-11(9-13)3-5-15-6-4-11/h3-9H2,1-2H3. The first-order chi connectivity index (χ1) is 7.11. The van der Waals surface area contributed by atoms with Crippen molar-refractivity contribution in [2.45, 2.75) is 12.8 Å². The molecule has 1 spiro atoms. The summed E-state index contributed by atoms with van der Waals surface area (Å²) in [5.41, 5.74) is 0.403. The third-order valence-corrected chi connectivity index (χ3v) is 3.41. The second-order valence-corrected chi connectivity index (χ2v) is 5.10. The second-order valence-electron chi connectivity index (χ2n) is 5.10. The van der Waals surface area contributed by atoms with Crippen molar-refractivity contribution >= 4 is 5.91 Å². The molecule has 0 aliphatic carbocycles. The van der Waals surface area contributed by atoms with E-state index in [1.54, 1.807) is 0 Å². The molecule has 15 heavy (non-hydrogen) atoms. The first kappa shape index (κ1) is 10.9. The van der Waals surface area contributed by atoms with Crippen molar-refractivity contribution in [2.24, 2.45) is 5.41 Å². The lowest BCUT2D eigenvalue weighted by molar-refractivity contribution is -0.150. The van der Waals surface area contributed by atoms with Crippen LogP contribution in [0.5, 0.6) is 0 Å². The Hall–Kier alpha value is -0.610. The fourth-order valence-electron chi connectivity index (χ4n) is 2.43. The molecule has 1 amide bonds. The summed E-state index contributed by atoms with van der Waals surface area (Å²) in [7, 11) is 3.86. The number of rotatable bonds is 2. The number of amides is 1. The maximum absolute atomic E-state index is 11.7. The fourth-order valence-corrected chi connectivity index (χ4v) is 2.43. The predicted molar refractivity (Wildman–Crippen MR) is 57.6 cm³/mol. The smallest absolute Gasteiger partial charge is 0.236 e. The third-order valence-electron chi connectivity index (χ3n) is 3.41. The summed E-state index contributed by atoms with van der Waals surface area (Å²) in [6, 6.07) is 0. The van der Waals surface area contributed by atoms with E-state index < -0.39 is 0 Å². The maximum Gasteiger partial charge on any atom is 0.236 e. The first-order valence-electron chi connectivity index (χ1n) is 5.62. The predicted octanol–water partition coefficient (Wildman–Crippen LogP) is 0.187. The van der Waals surface area contributed by atoms with Gasteiger partial charge >= 0.3 is 0 Å². The average molecular weight is 212 g/mol. The van der Waals surface area contributed by atoms with E-state index in [0.717, 1.165) is 39.1 Å². The van der Waals surface area contributed by atoms with Crippen LogP contribution in [-0.4, -0.2) is 62.7 Å². The van der Waals surface area contributed by atoms with Gasteiger partial charge in [-0.1, -0.05) is 0 Å². The summed E-state index contributed by atoms with van der Waals surface area (Å²) < 4.78 is 5.35. The summed E-state index contributed by atoms with van der Waals surface area (Å²) in [6.07, 6.45) is 2.25. The number of hydrogen-bond donors (Lipinski definition) is 0. The molecule has 0 saturated carbocycles. The molecular weight excluding hydrogens is 192 g/mol. The Labute approximate surface area is 91.2 Å². The Kier molecular flexibility index (Phi) is 2.98. The van der Waals surface area contributed by atoms with Crippen molar-refractivity contribution in [3.8, 4) is 0 Å². The molecule has 2 heterocycles. The van der Waals surface area contributed by atoms with E-state index in [4.69, 9.17) is 4.74 Å². The minimum Gasteiger partial charge on any atom is -0.381 e. The molecule has 0 N–H and O–H groups in total. The van der Waals surface area contributed by atoms with E-state index in [-0.39, 0.29) is 5.91 Å². The van der Waals surface area contributed by atoms with Gasteiger partial charge in [-0.3, -0.25) is 4.79 Å². The van der Waals surface area contributed by atoms with Crippen LogP contribution in [0.15, 0.2) is 0 Å². The maximum atomic E-state index is 11.7. The summed E-state index contributed by atoms with van der Waals surface area (Å²) >= 11 is 0. The van der Waals surface area contributed by atoms with Crippen molar-refractivity contribution in [3.05, 3.63) is 0 Å². The summed E-state index contributed by atoms with van der Waals surface area (Å²) in [5.74, 6) is 0.261. The Bertz CT molecular complexity index is 239. The largest absolute Gasteiger partial charge is 0.381 e. The molecule has 2 aliphatic heterocycles. The molecule has 86 valence electrons. The Morgan fingerprint density at radius 1 is 1.33 bits per heavy atom. The van der Waals surface area contributed by atoms with Crippen LogP contribution >= 0.6 is 0 Å². The van der Waals surface area contributed by atoms with Gasteiger partial charge in [-0.15, -0.1) is 0 Å². The lowest BCUT2D eigenvalue weighted by Gasteiger charge is -2.52. The number of carbonyl (C=O) groups is 1. The molecular formula is C11H20N2O2. The van der Waals surface area contributed by atoms with Crippen LogP contribution in [0.2, 0.25) is 0 Å². The van der Waals surface area contributed by atoms with Crippen LogP contribution in [0.25, 0.3) is 0 Å². The minimum atomic E-state index is 0.261. The van der Waals surface area contributed by atoms with E-state index in [1.165, 1.54) is 0 Å². The van der Waals surface area contributed by atoms with Gasteiger partial charge in [-0.25, -0.2) is 0 Å². The van der Waals surface area contributed by atoms with Crippen molar-refractivity contribution in [1.82, 2.24) is 9.80 Å². The van der Waals surface area contributed by atoms with Gasteiger partial charge in [-0.05, 0) is 26.9 Å². The van der Waals surface area contributed by atoms with E-state index in [1.807, 2.05) is 23.9 Å². The van der Waals surface area contributed by atoms with Crippen LogP contribution in [-0.2, 0) is 9.53 Å². The van der Waals surface area contributed by atoms with Crippen LogP contribution in [0.1, 0.15) is 12.8 Å². The molecule has 2 saturated heterocycles. The van der Waals surface area contributed by atoms with E-state index in [9.17, 15) is 4.79 Å². The number of carbonyl (C=O) groups excluding carboxylic acids is 1. The van der Waals surface area contributed by atoms with Crippen molar-refractivity contribution in [3.63, 3.8) is 0 Å². The molecule has 4 nitrogen and oxygen atoms in total. The third kappa shape index (κ3) is 2.32. The molecule has 0 aromatic heterocycles. The lowest BCUT2D eigenvalue weighted by atomic mass is 9.73. The number of likely N-dealkylation sites (tertiary alicyclic amines) is 1. The highest BCUT2D eigenvalue weighted by Crippen LogP contribution is 2.39. The van der Waals surface area contributed by atoms with Gasteiger partial charge in [0.1, 0.15) is 0 Å². The van der Waals surface area contributed by atoms with Crippen molar-refractivity contribution in [2.75, 3.05) is 46.9 Å². The van der Waals surface area contributed by atoms with Gasteiger partial charge in [0, 0.05) is 31.7 Å². The zero-order valence-corrected chi connectivity index (χ0v) is 9.66. The van der Waals surface area contributed by atoms with Gasteiger partial charge in [-0.2, -0.15) is 0 Å². The number of likely N-dealkylation sites (N-methyl/N-ethyl adjacent to an activating group) is 1. The highest BCUT2D eigenvalue weighted by molar-refractivity contribution is 5.79. The van der Waals surface area contributed by atoms with E-state index in [2.05, 4.69) is 0 Å². The molecule has 4 heteroatoms. The van der Waals surface area contributed by atoms with E-state index >= 15 is 0 Å². The topological polar surface area (TPSA) is 32.8 Å². The molecule has 0 aromatic carbocycles. The number of nitrogens with zero attached hydrogens (tertiary/aromatic N) is 2. The lowest BCUT2D eigenvalue weighted by Crippen LogP contribution is -2.61. The zero-order chi connectivity index (χ0) is 10.9. The minimum absolute atomic E-state index is 0.261. The summed E-state index contributed by atoms with van der Waals surface area (Å²) in [6.45, 7) is 4.17. The Balaban J connectivity index is 1.79. The van der Waals surface area contributed by atoms with E-state index in [0.29, 0.717) is 12.0 Å². The van der Waals surface area contributed by atoms with Crippen molar-refractivity contribution < 1.29 is 9.53 Å². The molecule has 0 aromatic rings. The van der Waals surface area contributed by atoms with Gasteiger partial charge < -0.3 is 14.5 Å². The van der Waals surface area contributed by atoms with Gasteiger partial charge in [0.05, 0.1) is 6.54 Å². The van der Waals surface area contributed by atoms with Crippen LogP contribution in [0.4, 0.5) is 0 Å². The highest BCUT2D eigenvalue weighted by Gasteiger charge is 2.45. The quantitative estimate of drug-likeness (QED) is 0.655. The fraction of sp³-hybridized carbons (Fsp3) is 0.909. The summed E-state index contributed by atoms with van der Waals surface area (Å²) in [4.78, 5) is 15.6. The second kappa shape index (κ2) is 4.10. The van der Waals surface area contributed by atoms with Crippen molar-refractivity contribution in [1.29, 1.82) is 0 Å². The normalized spacial score (nSPS) is 24.3. The molecule has 2 fully saturated rings. The van der Waals surface area contributed by atoms with Crippen LogP contribution < -0.4 is 0 Å². The molecule has 0 radical (unpaired) electrons.